The van der Waals surface area contributed by atoms with Crippen molar-refractivity contribution >= 4 is 23.2 Å². The fourth-order valence-corrected chi connectivity index (χ4v) is 4.30. The molecule has 0 radical (unpaired) electrons. The fraction of sp³-hybridized carbons (Fsp3) is 0.348. The topological polar surface area (TPSA) is 117 Å². The number of aromatic nitrogens is 4. The summed E-state index contributed by atoms with van der Waals surface area (Å²) in [6, 6.07) is 6.40. The minimum Gasteiger partial charge on any atom is -0.393 e. The Balaban J connectivity index is 1.51. The summed E-state index contributed by atoms with van der Waals surface area (Å²) < 4.78 is 39.8. The lowest BCUT2D eigenvalue weighted by Gasteiger charge is -2.32. The molecule has 3 heterocycles. The average Bonchev–Trinajstić information content (AvgIpc) is 3.21. The molecule has 3 aromatic heterocycles. The van der Waals surface area contributed by atoms with Gasteiger partial charge in [0.1, 0.15) is 0 Å². The number of hydrogen-bond acceptors (Lipinski definition) is 6. The number of hydrogen-bond donors (Lipinski definition) is 2. The van der Waals surface area contributed by atoms with Crippen molar-refractivity contribution in [2.75, 3.05) is 5.32 Å². The highest BCUT2D eigenvalue weighted by Gasteiger charge is 2.38. The molecule has 0 spiro atoms. The molecule has 1 saturated carbocycles. The highest BCUT2D eigenvalue weighted by Crippen LogP contribution is 2.38. The van der Waals surface area contributed by atoms with Gasteiger partial charge in [-0.2, -0.15) is 23.5 Å². The van der Waals surface area contributed by atoms with Crippen LogP contribution in [0, 0.1) is 18.3 Å². The monoisotopic (exact) mass is 504 g/mol. The largest absolute Gasteiger partial charge is 0.417 e. The molecule has 0 aromatic carbocycles. The van der Waals surface area contributed by atoms with Crippen LogP contribution < -0.4 is 5.32 Å². The predicted molar refractivity (Wildman–Crippen MR) is 120 cm³/mol. The standard InChI is InChI=1S/C23H20ClF3N6O2/c1-13-17(11-31-33(13)20-18(24)8-14(9-30-20)23(25,26)27)21(35)32-15-2-3-19(29-10-15)22(12-28)6-4-16(34)5-7-22/h2-3,8-11,16,34H,4-7H2,1H3,(H,32,35). The third kappa shape index (κ3) is 4.85. The number of pyridine rings is 2. The summed E-state index contributed by atoms with van der Waals surface area (Å²) in [6.07, 6.45) is 0.413. The number of aliphatic hydroxyl groups excluding tert-OH is 1. The van der Waals surface area contributed by atoms with Crippen molar-refractivity contribution in [2.45, 2.75) is 50.3 Å². The molecule has 4 rings (SSSR count). The Bertz CT molecular complexity index is 1290. The quantitative estimate of drug-likeness (QED) is 0.536. The maximum atomic E-state index is 12.9. The smallest absolute Gasteiger partial charge is 0.393 e. The first-order chi connectivity index (χ1) is 16.5. The van der Waals surface area contributed by atoms with Crippen molar-refractivity contribution in [2.24, 2.45) is 0 Å². The first kappa shape index (κ1) is 24.6. The number of halogens is 4. The van der Waals surface area contributed by atoms with Crippen LogP contribution in [-0.4, -0.2) is 36.9 Å². The van der Waals surface area contributed by atoms with Crippen molar-refractivity contribution < 1.29 is 23.1 Å². The molecule has 0 bridgehead atoms. The van der Waals surface area contributed by atoms with E-state index in [0.29, 0.717) is 49.0 Å². The molecule has 12 heteroatoms. The van der Waals surface area contributed by atoms with Crippen molar-refractivity contribution in [3.8, 4) is 11.9 Å². The number of carbonyl (C=O) groups excluding carboxylic acids is 1. The molecule has 35 heavy (non-hydrogen) atoms. The first-order valence-electron chi connectivity index (χ1n) is 10.7. The zero-order chi connectivity index (χ0) is 25.4. The highest BCUT2D eigenvalue weighted by molar-refractivity contribution is 6.32. The maximum Gasteiger partial charge on any atom is 0.417 e. The van der Waals surface area contributed by atoms with Crippen LogP contribution in [0.3, 0.4) is 0 Å². The summed E-state index contributed by atoms with van der Waals surface area (Å²) in [6.45, 7) is 1.56. The van der Waals surface area contributed by atoms with Gasteiger partial charge in [-0.15, -0.1) is 0 Å². The third-order valence-electron chi connectivity index (χ3n) is 6.14. The van der Waals surface area contributed by atoms with Gasteiger partial charge < -0.3 is 10.4 Å². The number of amides is 1. The van der Waals surface area contributed by atoms with E-state index in [1.165, 1.54) is 17.1 Å². The number of nitrogens with zero attached hydrogens (tertiary/aromatic N) is 5. The molecule has 1 aliphatic rings. The summed E-state index contributed by atoms with van der Waals surface area (Å²) in [5.41, 5.74) is -0.301. The zero-order valence-electron chi connectivity index (χ0n) is 18.5. The van der Waals surface area contributed by atoms with Gasteiger partial charge in [-0.1, -0.05) is 11.6 Å². The van der Waals surface area contributed by atoms with Crippen molar-refractivity contribution in [1.29, 1.82) is 5.26 Å². The Kier molecular flexibility index (Phi) is 6.53. The number of alkyl halides is 3. The van der Waals surface area contributed by atoms with Crippen molar-refractivity contribution in [3.63, 3.8) is 0 Å². The van der Waals surface area contributed by atoms with E-state index in [2.05, 4.69) is 26.5 Å². The van der Waals surface area contributed by atoms with Crippen LogP contribution in [-0.2, 0) is 11.6 Å². The maximum absolute atomic E-state index is 12.9. The van der Waals surface area contributed by atoms with Crippen LogP contribution in [0.15, 0.2) is 36.8 Å². The summed E-state index contributed by atoms with van der Waals surface area (Å²) in [5.74, 6) is -0.552. The van der Waals surface area contributed by atoms with E-state index < -0.39 is 29.2 Å². The molecule has 0 saturated heterocycles. The number of nitriles is 1. The van der Waals surface area contributed by atoms with E-state index in [0.717, 1.165) is 6.07 Å². The second-order valence-electron chi connectivity index (χ2n) is 8.39. The van der Waals surface area contributed by atoms with Crippen LogP contribution in [0.1, 0.15) is 53.0 Å². The molecular formula is C23H20ClF3N6O2. The lowest BCUT2D eigenvalue weighted by molar-refractivity contribution is -0.137. The zero-order valence-corrected chi connectivity index (χ0v) is 19.2. The molecule has 0 unspecified atom stereocenters. The number of nitrogens with one attached hydrogen (secondary N) is 1. The van der Waals surface area contributed by atoms with Gasteiger partial charge in [0.2, 0.25) is 0 Å². The van der Waals surface area contributed by atoms with Gasteiger partial charge in [-0.05, 0) is 50.8 Å². The Morgan fingerprint density at radius 1 is 1.26 bits per heavy atom. The van der Waals surface area contributed by atoms with Gasteiger partial charge >= 0.3 is 6.18 Å². The molecule has 0 aliphatic heterocycles. The van der Waals surface area contributed by atoms with Crippen molar-refractivity contribution in [3.05, 3.63) is 64.3 Å². The third-order valence-corrected chi connectivity index (χ3v) is 6.42. The second kappa shape index (κ2) is 9.28. The molecule has 1 fully saturated rings. The first-order valence-corrected chi connectivity index (χ1v) is 11.1. The lowest BCUT2D eigenvalue weighted by atomic mass is 9.72. The Morgan fingerprint density at radius 2 is 1.97 bits per heavy atom. The Labute approximate surface area is 203 Å². The summed E-state index contributed by atoms with van der Waals surface area (Å²) >= 11 is 6.00. The lowest BCUT2D eigenvalue weighted by Crippen LogP contribution is -2.33. The van der Waals surface area contributed by atoms with Gasteiger partial charge in [0.05, 0.1) is 63.2 Å². The van der Waals surface area contributed by atoms with E-state index in [4.69, 9.17) is 11.6 Å². The van der Waals surface area contributed by atoms with Gasteiger partial charge in [-0.3, -0.25) is 9.78 Å². The molecular weight excluding hydrogens is 485 g/mol. The van der Waals surface area contributed by atoms with Gasteiger partial charge in [0.25, 0.3) is 5.91 Å². The molecule has 182 valence electrons. The summed E-state index contributed by atoms with van der Waals surface area (Å²) in [4.78, 5) is 21.0. The predicted octanol–water partition coefficient (Wildman–Crippen LogP) is 4.59. The molecule has 3 aromatic rings. The molecule has 1 amide bonds. The minimum atomic E-state index is -4.59. The van der Waals surface area contributed by atoms with E-state index in [-0.39, 0.29) is 16.4 Å². The molecule has 0 atom stereocenters. The van der Waals surface area contributed by atoms with Crippen molar-refractivity contribution in [1.82, 2.24) is 19.7 Å². The van der Waals surface area contributed by atoms with Crippen LogP contribution in [0.4, 0.5) is 18.9 Å². The molecule has 8 nitrogen and oxygen atoms in total. The van der Waals surface area contributed by atoms with E-state index >= 15 is 0 Å². The fourth-order valence-electron chi connectivity index (χ4n) is 4.06. The van der Waals surface area contributed by atoms with E-state index in [9.17, 15) is 28.3 Å². The normalized spacial score (nSPS) is 20.3. The van der Waals surface area contributed by atoms with Crippen LogP contribution in [0.2, 0.25) is 5.02 Å². The van der Waals surface area contributed by atoms with E-state index in [1.54, 1.807) is 19.1 Å². The number of carbonyl (C=O) groups is 1. The Hall–Kier alpha value is -3.49. The second-order valence-corrected chi connectivity index (χ2v) is 8.80. The number of rotatable bonds is 4. The molecule has 1 aliphatic carbocycles. The van der Waals surface area contributed by atoms with Crippen LogP contribution in [0.25, 0.3) is 5.82 Å². The van der Waals surface area contributed by atoms with Gasteiger partial charge in [0, 0.05) is 6.20 Å². The number of anilines is 1. The Morgan fingerprint density at radius 3 is 2.54 bits per heavy atom. The molecule has 2 N–H and O–H groups in total. The van der Waals surface area contributed by atoms with Crippen LogP contribution >= 0.6 is 11.6 Å². The SMILES string of the molecule is Cc1c(C(=O)Nc2ccc(C3(C#N)CCC(O)CC3)nc2)cnn1-c1ncc(C(F)(F)F)cc1Cl. The number of aliphatic hydroxyl groups is 1. The van der Waals surface area contributed by atoms with E-state index in [1.807, 2.05) is 0 Å². The van der Waals surface area contributed by atoms with Gasteiger partial charge in [0.15, 0.2) is 5.82 Å². The summed E-state index contributed by atoms with van der Waals surface area (Å²) in [7, 11) is 0. The highest BCUT2D eigenvalue weighted by atomic mass is 35.5. The van der Waals surface area contributed by atoms with Crippen LogP contribution in [0.5, 0.6) is 0 Å². The average molecular weight is 505 g/mol. The minimum absolute atomic E-state index is 0.0401. The summed E-state index contributed by atoms with van der Waals surface area (Å²) in [5, 5.41) is 26.0. The van der Waals surface area contributed by atoms with Gasteiger partial charge in [-0.25, -0.2) is 9.67 Å².